The fraction of sp³-hybridized carbons (Fsp3) is 0.500. The lowest BCUT2D eigenvalue weighted by molar-refractivity contribution is 0.0728. The zero-order chi connectivity index (χ0) is 12.7. The van der Waals surface area contributed by atoms with Gasteiger partial charge in [-0.3, -0.25) is 4.79 Å². The third-order valence-corrected chi connectivity index (χ3v) is 5.01. The Morgan fingerprint density at radius 1 is 1.33 bits per heavy atom. The van der Waals surface area contributed by atoms with Crippen LogP contribution in [0.25, 0.3) is 0 Å². The molecule has 96 valence electrons. The van der Waals surface area contributed by atoms with Crippen LogP contribution >= 0.6 is 22.6 Å². The summed E-state index contributed by atoms with van der Waals surface area (Å²) in [6.45, 7) is 5.21. The van der Waals surface area contributed by atoms with Crippen molar-refractivity contribution in [3.8, 4) is 0 Å². The van der Waals surface area contributed by atoms with E-state index >= 15 is 0 Å². The number of carbonyl (C=O) groups excluding carboxylic acids is 1. The van der Waals surface area contributed by atoms with Gasteiger partial charge in [0.05, 0.1) is 0 Å². The molecule has 1 N–H and O–H groups in total. The third kappa shape index (κ3) is 2.05. The summed E-state index contributed by atoms with van der Waals surface area (Å²) in [4.78, 5) is 14.6. The predicted molar refractivity (Wildman–Crippen MR) is 79.5 cm³/mol. The number of nitrogens with zero attached hydrogens (tertiary/aromatic N) is 1. The first-order valence-electron chi connectivity index (χ1n) is 6.44. The average molecular weight is 356 g/mol. The van der Waals surface area contributed by atoms with E-state index in [2.05, 4.69) is 39.7 Å². The van der Waals surface area contributed by atoms with Crippen LogP contribution in [0, 0.1) is 15.4 Å². The molecule has 0 aliphatic carbocycles. The van der Waals surface area contributed by atoms with Crippen molar-refractivity contribution in [3.05, 3.63) is 33.4 Å². The highest BCUT2D eigenvalue weighted by atomic mass is 127. The topological polar surface area (TPSA) is 32.3 Å². The van der Waals surface area contributed by atoms with Gasteiger partial charge in [-0.05, 0) is 65.6 Å². The Morgan fingerprint density at radius 3 is 2.72 bits per heavy atom. The summed E-state index contributed by atoms with van der Waals surface area (Å²) in [5.41, 5.74) is 0.815. The molecule has 2 heterocycles. The Bertz CT molecular complexity index is 459. The molecule has 0 saturated carbocycles. The summed E-state index contributed by atoms with van der Waals surface area (Å²) in [7, 11) is 0. The predicted octanol–water partition coefficient (Wildman–Crippen LogP) is 1.97. The van der Waals surface area contributed by atoms with Gasteiger partial charge in [-0.2, -0.15) is 0 Å². The molecular formula is C14H17IN2O. The molecule has 3 unspecified atom stereocenters. The van der Waals surface area contributed by atoms with Gasteiger partial charge >= 0.3 is 0 Å². The van der Waals surface area contributed by atoms with Crippen molar-refractivity contribution >= 4 is 28.5 Å². The van der Waals surface area contributed by atoms with Gasteiger partial charge in [0.2, 0.25) is 0 Å². The molecule has 1 aromatic rings. The molecular weight excluding hydrogens is 339 g/mol. The summed E-state index contributed by atoms with van der Waals surface area (Å²) >= 11 is 2.26. The summed E-state index contributed by atoms with van der Waals surface area (Å²) in [6.07, 6.45) is 0. The molecule has 18 heavy (non-hydrogen) atoms. The van der Waals surface area contributed by atoms with Crippen molar-refractivity contribution < 1.29 is 4.79 Å². The Hall–Kier alpha value is -0.620. The van der Waals surface area contributed by atoms with Gasteiger partial charge in [0.15, 0.2) is 0 Å². The summed E-state index contributed by atoms with van der Waals surface area (Å²) < 4.78 is 1.17. The van der Waals surface area contributed by atoms with E-state index in [-0.39, 0.29) is 5.91 Å². The molecule has 3 nitrogen and oxygen atoms in total. The minimum absolute atomic E-state index is 0.188. The summed E-state index contributed by atoms with van der Waals surface area (Å²) in [5, 5.41) is 3.42. The first-order valence-corrected chi connectivity index (χ1v) is 7.52. The number of hydrogen-bond acceptors (Lipinski definition) is 2. The molecule has 2 aliphatic heterocycles. The minimum atomic E-state index is 0.188. The maximum absolute atomic E-state index is 12.5. The molecule has 0 aromatic heterocycles. The smallest absolute Gasteiger partial charge is 0.254 e. The van der Waals surface area contributed by atoms with Crippen molar-refractivity contribution in [2.45, 2.75) is 13.0 Å². The number of amides is 1. The minimum Gasteiger partial charge on any atom is -0.335 e. The van der Waals surface area contributed by atoms with Gasteiger partial charge in [-0.1, -0.05) is 0 Å². The van der Waals surface area contributed by atoms with Crippen LogP contribution in [0.5, 0.6) is 0 Å². The maximum Gasteiger partial charge on any atom is 0.254 e. The molecule has 3 rings (SSSR count). The zero-order valence-corrected chi connectivity index (χ0v) is 12.6. The molecule has 0 radical (unpaired) electrons. The quantitative estimate of drug-likeness (QED) is 0.781. The molecule has 4 heteroatoms. The van der Waals surface area contributed by atoms with Crippen LogP contribution in [0.1, 0.15) is 17.3 Å². The number of likely N-dealkylation sites (tertiary alicyclic amines) is 1. The Morgan fingerprint density at radius 2 is 2.06 bits per heavy atom. The highest BCUT2D eigenvalue weighted by Crippen LogP contribution is 2.33. The van der Waals surface area contributed by atoms with Crippen LogP contribution in [0.2, 0.25) is 0 Å². The number of rotatable bonds is 1. The van der Waals surface area contributed by atoms with E-state index in [4.69, 9.17) is 0 Å². The van der Waals surface area contributed by atoms with Crippen LogP contribution < -0.4 is 5.32 Å². The number of benzene rings is 1. The van der Waals surface area contributed by atoms with Crippen molar-refractivity contribution in [2.75, 3.05) is 19.6 Å². The van der Waals surface area contributed by atoms with Crippen molar-refractivity contribution in [2.24, 2.45) is 11.8 Å². The Balaban J connectivity index is 1.79. The second-order valence-electron chi connectivity index (χ2n) is 5.29. The number of fused-ring (bicyclic) bond motifs is 1. The van der Waals surface area contributed by atoms with Gasteiger partial charge in [0.1, 0.15) is 0 Å². The maximum atomic E-state index is 12.5. The highest BCUT2D eigenvalue weighted by Gasteiger charge is 2.43. The van der Waals surface area contributed by atoms with Crippen LogP contribution in [0.3, 0.4) is 0 Å². The fourth-order valence-electron chi connectivity index (χ4n) is 3.19. The van der Waals surface area contributed by atoms with Crippen LogP contribution in [0.4, 0.5) is 0 Å². The third-order valence-electron chi connectivity index (χ3n) is 4.29. The van der Waals surface area contributed by atoms with Crippen LogP contribution in [0.15, 0.2) is 24.3 Å². The highest BCUT2D eigenvalue weighted by molar-refractivity contribution is 14.1. The number of hydrogen-bond donors (Lipinski definition) is 1. The van der Waals surface area contributed by atoms with Crippen molar-refractivity contribution in [3.63, 3.8) is 0 Å². The second kappa shape index (κ2) is 4.81. The van der Waals surface area contributed by atoms with Crippen molar-refractivity contribution in [1.82, 2.24) is 10.2 Å². The van der Waals surface area contributed by atoms with E-state index < -0.39 is 0 Å². The van der Waals surface area contributed by atoms with Gasteiger partial charge in [-0.25, -0.2) is 0 Å². The van der Waals surface area contributed by atoms with Crippen LogP contribution in [-0.4, -0.2) is 36.5 Å². The van der Waals surface area contributed by atoms with E-state index in [0.29, 0.717) is 17.9 Å². The van der Waals surface area contributed by atoms with Gasteiger partial charge in [0.25, 0.3) is 5.91 Å². The first kappa shape index (κ1) is 12.4. The van der Waals surface area contributed by atoms with E-state index in [1.54, 1.807) is 0 Å². The molecule has 3 atom stereocenters. The standard InChI is InChI=1S/C14H17IN2O/c1-9-13-7-16-6-11(13)8-17(9)14(18)10-2-4-12(15)5-3-10/h2-5,9,11,13,16H,6-8H2,1H3. The monoisotopic (exact) mass is 356 g/mol. The van der Waals surface area contributed by atoms with Crippen LogP contribution in [-0.2, 0) is 0 Å². The van der Waals surface area contributed by atoms with E-state index in [1.807, 2.05) is 24.3 Å². The lowest BCUT2D eigenvalue weighted by Crippen LogP contribution is -2.38. The van der Waals surface area contributed by atoms with Gasteiger partial charge in [0, 0.05) is 34.8 Å². The number of nitrogens with one attached hydrogen (secondary N) is 1. The Kier molecular flexibility index (Phi) is 3.32. The lowest BCUT2D eigenvalue weighted by Gasteiger charge is -2.24. The number of halogens is 1. The SMILES string of the molecule is CC1C2CNCC2CN1C(=O)c1ccc(I)cc1. The molecule has 2 fully saturated rings. The first-order chi connectivity index (χ1) is 8.66. The molecule has 1 amide bonds. The Labute approximate surface area is 121 Å². The molecule has 1 aromatic carbocycles. The fourth-order valence-corrected chi connectivity index (χ4v) is 3.55. The normalized spacial score (nSPS) is 30.6. The molecule has 0 bridgehead atoms. The summed E-state index contributed by atoms with van der Waals surface area (Å²) in [6, 6.07) is 8.22. The number of carbonyl (C=O) groups is 1. The largest absolute Gasteiger partial charge is 0.335 e. The average Bonchev–Trinajstić information content (AvgIpc) is 2.93. The molecule has 2 aliphatic rings. The van der Waals surface area contributed by atoms with Gasteiger partial charge < -0.3 is 10.2 Å². The van der Waals surface area contributed by atoms with E-state index in [9.17, 15) is 4.79 Å². The zero-order valence-electron chi connectivity index (χ0n) is 10.4. The van der Waals surface area contributed by atoms with Crippen molar-refractivity contribution in [1.29, 1.82) is 0 Å². The van der Waals surface area contributed by atoms with E-state index in [1.165, 1.54) is 3.57 Å². The summed E-state index contributed by atoms with van der Waals surface area (Å²) in [5.74, 6) is 1.47. The lowest BCUT2D eigenvalue weighted by atomic mass is 9.95. The van der Waals surface area contributed by atoms with E-state index in [0.717, 1.165) is 25.2 Å². The molecule has 0 spiro atoms. The van der Waals surface area contributed by atoms with Gasteiger partial charge in [-0.15, -0.1) is 0 Å². The second-order valence-corrected chi connectivity index (χ2v) is 6.53. The molecule has 2 saturated heterocycles.